The highest BCUT2D eigenvalue weighted by atomic mass is 32.1. The van der Waals surface area contributed by atoms with E-state index in [9.17, 15) is 0 Å². The number of nitrogen functional groups attached to an aromatic ring is 1. The van der Waals surface area contributed by atoms with Crippen molar-refractivity contribution in [2.75, 3.05) is 37.4 Å². The summed E-state index contributed by atoms with van der Waals surface area (Å²) in [5.41, 5.74) is 5.46. The molecule has 0 fully saturated rings. The maximum Gasteiger partial charge on any atom is 0.139 e. The van der Waals surface area contributed by atoms with E-state index in [1.807, 2.05) is 0 Å². The van der Waals surface area contributed by atoms with Gasteiger partial charge in [0.25, 0.3) is 0 Å². The van der Waals surface area contributed by atoms with E-state index < -0.39 is 0 Å². The van der Waals surface area contributed by atoms with Crippen molar-refractivity contribution in [3.05, 3.63) is 6.07 Å². The molecule has 0 amide bonds. The zero-order valence-electron chi connectivity index (χ0n) is 7.90. The number of nitrogens with two attached hydrogens (primary N) is 1. The minimum absolute atomic E-state index is 0.0821. The highest BCUT2D eigenvalue weighted by Gasteiger charge is 1.96. The maximum absolute atomic E-state index is 8.44. The molecule has 1 rings (SSSR count). The summed E-state index contributed by atoms with van der Waals surface area (Å²) in [5, 5.41) is 12.6. The van der Waals surface area contributed by atoms with Crippen molar-refractivity contribution in [3.8, 4) is 0 Å². The molecule has 5 nitrogen and oxygen atoms in total. The molecule has 0 saturated carbocycles. The largest absolute Gasteiger partial charge is 0.394 e. The predicted octanol–water partition coefficient (Wildman–Crippen LogP) is 0.536. The minimum atomic E-state index is 0.0821. The fraction of sp³-hybridized carbons (Fsp3) is 0.625. The van der Waals surface area contributed by atoms with Crippen molar-refractivity contribution in [2.24, 2.45) is 0 Å². The average Bonchev–Trinajstić information content (AvgIpc) is 2.58. The molecule has 0 radical (unpaired) electrons. The molecule has 0 spiro atoms. The Morgan fingerprint density at radius 3 is 3.07 bits per heavy atom. The van der Waals surface area contributed by atoms with Gasteiger partial charge in [0.05, 0.1) is 13.2 Å². The van der Waals surface area contributed by atoms with Crippen LogP contribution in [0, 0.1) is 0 Å². The van der Waals surface area contributed by atoms with Crippen LogP contribution < -0.4 is 11.1 Å². The predicted molar refractivity (Wildman–Crippen MR) is 57.5 cm³/mol. The van der Waals surface area contributed by atoms with Crippen LogP contribution in [0.4, 0.5) is 10.8 Å². The molecular formula is C8H15N3O2S. The number of rotatable bonds is 7. The lowest BCUT2D eigenvalue weighted by atomic mass is 10.4. The summed E-state index contributed by atoms with van der Waals surface area (Å²) in [5.74, 6) is 0.550. The first-order valence-corrected chi connectivity index (χ1v) is 5.25. The molecule has 1 aromatic rings. The molecular weight excluding hydrogens is 202 g/mol. The molecule has 0 unspecified atom stereocenters. The second-order valence-electron chi connectivity index (χ2n) is 2.73. The van der Waals surface area contributed by atoms with Crippen LogP contribution in [0.2, 0.25) is 0 Å². The zero-order valence-corrected chi connectivity index (χ0v) is 8.72. The Morgan fingerprint density at radius 1 is 1.57 bits per heavy atom. The highest BCUT2D eigenvalue weighted by molar-refractivity contribution is 7.10. The van der Waals surface area contributed by atoms with Crippen LogP contribution in [0.15, 0.2) is 6.07 Å². The standard InChI is InChI=1S/C8H15N3O2S/c9-7-6-8(14-11-7)10-2-1-4-13-5-3-12/h6,10,12H,1-5H2,(H2,9,11). The van der Waals surface area contributed by atoms with Gasteiger partial charge in [-0.15, -0.1) is 0 Å². The molecule has 14 heavy (non-hydrogen) atoms. The maximum atomic E-state index is 8.44. The van der Waals surface area contributed by atoms with Gasteiger partial charge in [-0.2, -0.15) is 4.37 Å². The Hall–Kier alpha value is -0.850. The van der Waals surface area contributed by atoms with E-state index in [-0.39, 0.29) is 6.61 Å². The van der Waals surface area contributed by atoms with Crippen molar-refractivity contribution in [1.29, 1.82) is 0 Å². The number of aliphatic hydroxyl groups excluding tert-OH is 1. The molecule has 1 aromatic heterocycles. The van der Waals surface area contributed by atoms with Crippen molar-refractivity contribution in [1.82, 2.24) is 4.37 Å². The van der Waals surface area contributed by atoms with Gasteiger partial charge in [0.2, 0.25) is 0 Å². The number of nitrogens with zero attached hydrogens (tertiary/aromatic N) is 1. The topological polar surface area (TPSA) is 80.4 Å². The normalized spacial score (nSPS) is 10.4. The van der Waals surface area contributed by atoms with Gasteiger partial charge >= 0.3 is 0 Å². The van der Waals surface area contributed by atoms with Crippen molar-refractivity contribution >= 4 is 22.4 Å². The van der Waals surface area contributed by atoms with Gasteiger partial charge in [0.1, 0.15) is 10.8 Å². The summed E-state index contributed by atoms with van der Waals surface area (Å²) < 4.78 is 9.04. The molecule has 1 heterocycles. The van der Waals surface area contributed by atoms with Crippen molar-refractivity contribution < 1.29 is 9.84 Å². The first-order valence-electron chi connectivity index (χ1n) is 4.47. The molecule has 0 atom stereocenters. The van der Waals surface area contributed by atoms with E-state index in [4.69, 9.17) is 15.6 Å². The zero-order chi connectivity index (χ0) is 10.2. The second-order valence-corrected chi connectivity index (χ2v) is 3.54. The lowest BCUT2D eigenvalue weighted by Crippen LogP contribution is -2.06. The number of hydrogen-bond donors (Lipinski definition) is 3. The Balaban J connectivity index is 1.99. The summed E-state index contributed by atoms with van der Waals surface area (Å²) in [7, 11) is 0. The Morgan fingerprint density at radius 2 is 2.43 bits per heavy atom. The van der Waals surface area contributed by atoms with E-state index in [0.717, 1.165) is 18.0 Å². The third-order valence-corrected chi connectivity index (χ3v) is 2.29. The number of nitrogens with one attached hydrogen (secondary N) is 1. The Bertz CT molecular complexity index is 254. The van der Waals surface area contributed by atoms with Gasteiger partial charge in [-0.05, 0) is 18.0 Å². The van der Waals surface area contributed by atoms with Crippen LogP contribution in [0.1, 0.15) is 6.42 Å². The number of aliphatic hydroxyl groups is 1. The molecule has 0 saturated heterocycles. The second kappa shape index (κ2) is 6.58. The fourth-order valence-electron chi connectivity index (χ4n) is 0.925. The molecule has 0 aliphatic heterocycles. The van der Waals surface area contributed by atoms with Gasteiger partial charge in [0.15, 0.2) is 0 Å². The van der Waals surface area contributed by atoms with Crippen LogP contribution in [-0.4, -0.2) is 35.8 Å². The quantitative estimate of drug-likeness (QED) is 0.581. The van der Waals surface area contributed by atoms with Crippen LogP contribution in [0.25, 0.3) is 0 Å². The van der Waals surface area contributed by atoms with Gasteiger partial charge in [0, 0.05) is 19.2 Å². The monoisotopic (exact) mass is 217 g/mol. The first-order chi connectivity index (χ1) is 6.83. The third-order valence-electron chi connectivity index (χ3n) is 1.53. The summed E-state index contributed by atoms with van der Waals surface area (Å²) in [6.07, 6.45) is 0.901. The lowest BCUT2D eigenvalue weighted by Gasteiger charge is -2.03. The van der Waals surface area contributed by atoms with Gasteiger partial charge < -0.3 is 20.9 Å². The lowest BCUT2D eigenvalue weighted by molar-refractivity contribution is 0.0922. The SMILES string of the molecule is Nc1cc(NCCCOCCO)sn1. The van der Waals surface area contributed by atoms with E-state index in [0.29, 0.717) is 19.0 Å². The molecule has 0 aliphatic rings. The van der Waals surface area contributed by atoms with E-state index in [2.05, 4.69) is 9.69 Å². The summed E-state index contributed by atoms with van der Waals surface area (Å²) in [6, 6.07) is 1.80. The van der Waals surface area contributed by atoms with Crippen molar-refractivity contribution in [2.45, 2.75) is 6.42 Å². The van der Waals surface area contributed by atoms with Crippen molar-refractivity contribution in [3.63, 3.8) is 0 Å². The van der Waals surface area contributed by atoms with Gasteiger partial charge in [-0.25, -0.2) is 0 Å². The molecule has 6 heteroatoms. The number of anilines is 2. The Labute approximate surface area is 87.1 Å². The molecule has 0 aliphatic carbocycles. The fourth-order valence-corrected chi connectivity index (χ4v) is 1.52. The summed E-state index contributed by atoms with van der Waals surface area (Å²) in [6.45, 7) is 1.97. The third kappa shape index (κ3) is 4.40. The minimum Gasteiger partial charge on any atom is -0.394 e. The van der Waals surface area contributed by atoms with E-state index in [1.54, 1.807) is 6.07 Å². The van der Waals surface area contributed by atoms with Gasteiger partial charge in [-0.3, -0.25) is 0 Å². The summed E-state index contributed by atoms with van der Waals surface area (Å²) in [4.78, 5) is 0. The number of aromatic nitrogens is 1. The average molecular weight is 217 g/mol. The van der Waals surface area contributed by atoms with Crippen LogP contribution in [0.3, 0.4) is 0 Å². The smallest absolute Gasteiger partial charge is 0.139 e. The highest BCUT2D eigenvalue weighted by Crippen LogP contribution is 2.16. The molecule has 80 valence electrons. The number of ether oxygens (including phenoxy) is 1. The Kier molecular flexibility index (Phi) is 5.28. The van der Waals surface area contributed by atoms with E-state index in [1.165, 1.54) is 11.5 Å². The summed E-state index contributed by atoms with van der Waals surface area (Å²) >= 11 is 1.35. The molecule has 4 N–H and O–H groups in total. The van der Waals surface area contributed by atoms with Crippen LogP contribution >= 0.6 is 11.5 Å². The number of hydrogen-bond acceptors (Lipinski definition) is 6. The van der Waals surface area contributed by atoms with E-state index >= 15 is 0 Å². The van der Waals surface area contributed by atoms with Gasteiger partial charge in [-0.1, -0.05) is 0 Å². The van der Waals surface area contributed by atoms with Crippen LogP contribution in [0.5, 0.6) is 0 Å². The molecule has 0 aromatic carbocycles. The van der Waals surface area contributed by atoms with Crippen LogP contribution in [-0.2, 0) is 4.74 Å². The molecule has 0 bridgehead atoms. The first kappa shape index (κ1) is 11.2.